The Balaban J connectivity index is 2.18. The maximum Gasteiger partial charge on any atom is 0.317 e. The van der Waals surface area contributed by atoms with Crippen LogP contribution in [0.4, 0.5) is 4.79 Å². The van der Waals surface area contributed by atoms with Gasteiger partial charge in [-0.15, -0.1) is 0 Å². The second-order valence-electron chi connectivity index (χ2n) is 3.59. The lowest BCUT2D eigenvalue weighted by Crippen LogP contribution is -2.41. The zero-order valence-corrected chi connectivity index (χ0v) is 9.08. The molecule has 0 aromatic carbocycles. The van der Waals surface area contributed by atoms with Gasteiger partial charge in [0.1, 0.15) is 0 Å². The van der Waals surface area contributed by atoms with E-state index in [1.54, 1.807) is 4.90 Å². The largest absolute Gasteiger partial charge is 0.381 e. The number of amides is 2. The van der Waals surface area contributed by atoms with Gasteiger partial charge in [-0.2, -0.15) is 0 Å². The number of nitrogens with zero attached hydrogens (tertiary/aromatic N) is 1. The van der Waals surface area contributed by atoms with Crippen LogP contribution >= 0.6 is 0 Å². The van der Waals surface area contributed by atoms with E-state index >= 15 is 0 Å². The molecule has 0 radical (unpaired) electrons. The molecule has 0 saturated carbocycles. The van der Waals surface area contributed by atoms with Crippen LogP contribution in [0.1, 0.15) is 20.3 Å². The molecule has 2 amide bonds. The summed E-state index contributed by atoms with van der Waals surface area (Å²) in [5.41, 5.74) is 0. The Hall–Kier alpha value is -0.770. The van der Waals surface area contributed by atoms with Gasteiger partial charge in [0.05, 0.1) is 6.61 Å². The molecule has 1 rings (SSSR count). The van der Waals surface area contributed by atoms with E-state index in [2.05, 4.69) is 5.32 Å². The van der Waals surface area contributed by atoms with Crippen LogP contribution < -0.4 is 5.32 Å². The van der Waals surface area contributed by atoms with E-state index in [4.69, 9.17) is 4.74 Å². The topological polar surface area (TPSA) is 41.6 Å². The minimum atomic E-state index is 0.0434. The average Bonchev–Trinajstić information content (AvgIpc) is 2.69. The molecule has 0 aromatic rings. The van der Waals surface area contributed by atoms with Gasteiger partial charge in [0, 0.05) is 32.2 Å². The highest BCUT2D eigenvalue weighted by Crippen LogP contribution is 2.10. The van der Waals surface area contributed by atoms with E-state index in [9.17, 15) is 4.79 Å². The fourth-order valence-electron chi connectivity index (χ4n) is 1.60. The third kappa shape index (κ3) is 3.18. The SMILES string of the molecule is CCN(CC)C(=O)NCC1CCOC1. The molecule has 1 aliphatic rings. The van der Waals surface area contributed by atoms with Crippen molar-refractivity contribution in [3.05, 3.63) is 0 Å². The van der Waals surface area contributed by atoms with Crippen molar-refractivity contribution in [2.24, 2.45) is 5.92 Å². The molecule has 0 bridgehead atoms. The van der Waals surface area contributed by atoms with E-state index in [1.165, 1.54) is 0 Å². The fourth-order valence-corrected chi connectivity index (χ4v) is 1.60. The molecular formula is C10H20N2O2. The van der Waals surface area contributed by atoms with E-state index < -0.39 is 0 Å². The van der Waals surface area contributed by atoms with Crippen molar-refractivity contribution in [2.45, 2.75) is 20.3 Å². The predicted octanol–water partition coefficient (Wildman–Crippen LogP) is 1.07. The minimum absolute atomic E-state index is 0.0434. The summed E-state index contributed by atoms with van der Waals surface area (Å²) >= 11 is 0. The number of urea groups is 1. The molecule has 1 heterocycles. The lowest BCUT2D eigenvalue weighted by Gasteiger charge is -2.20. The predicted molar refractivity (Wildman–Crippen MR) is 55.2 cm³/mol. The van der Waals surface area contributed by atoms with Crippen molar-refractivity contribution in [1.82, 2.24) is 10.2 Å². The minimum Gasteiger partial charge on any atom is -0.381 e. The van der Waals surface area contributed by atoms with Crippen molar-refractivity contribution in [1.29, 1.82) is 0 Å². The Morgan fingerprint density at radius 1 is 1.50 bits per heavy atom. The molecule has 1 N–H and O–H groups in total. The summed E-state index contributed by atoms with van der Waals surface area (Å²) in [4.78, 5) is 13.3. The summed E-state index contributed by atoms with van der Waals surface area (Å²) < 4.78 is 5.24. The first kappa shape index (κ1) is 11.3. The first-order valence-corrected chi connectivity index (χ1v) is 5.38. The summed E-state index contributed by atoms with van der Waals surface area (Å²) in [5.74, 6) is 0.509. The highest BCUT2D eigenvalue weighted by Gasteiger charge is 2.17. The highest BCUT2D eigenvalue weighted by molar-refractivity contribution is 5.74. The van der Waals surface area contributed by atoms with Crippen molar-refractivity contribution < 1.29 is 9.53 Å². The third-order valence-electron chi connectivity index (χ3n) is 2.62. The molecule has 1 aliphatic heterocycles. The summed E-state index contributed by atoms with van der Waals surface area (Å²) in [6, 6.07) is 0.0434. The number of carbonyl (C=O) groups is 1. The van der Waals surface area contributed by atoms with Crippen molar-refractivity contribution in [3.8, 4) is 0 Å². The molecule has 1 unspecified atom stereocenters. The first-order chi connectivity index (χ1) is 6.77. The smallest absolute Gasteiger partial charge is 0.317 e. The first-order valence-electron chi connectivity index (χ1n) is 5.38. The Kier molecular flexibility index (Phi) is 4.73. The number of hydrogen-bond acceptors (Lipinski definition) is 2. The summed E-state index contributed by atoms with van der Waals surface area (Å²) in [6.45, 7) is 7.89. The zero-order chi connectivity index (χ0) is 10.4. The van der Waals surface area contributed by atoms with Crippen LogP contribution in [0.2, 0.25) is 0 Å². The molecule has 1 atom stereocenters. The standard InChI is InChI=1S/C10H20N2O2/c1-3-12(4-2)10(13)11-7-9-5-6-14-8-9/h9H,3-8H2,1-2H3,(H,11,13). The molecule has 14 heavy (non-hydrogen) atoms. The van der Waals surface area contributed by atoms with Crippen LogP contribution in [0.5, 0.6) is 0 Å². The summed E-state index contributed by atoms with van der Waals surface area (Å²) in [5, 5.41) is 2.93. The van der Waals surface area contributed by atoms with Gasteiger partial charge in [-0.05, 0) is 20.3 Å². The molecule has 1 fully saturated rings. The number of nitrogens with one attached hydrogen (secondary N) is 1. The Bertz CT molecular complexity index is 175. The van der Waals surface area contributed by atoms with Gasteiger partial charge < -0.3 is 15.0 Å². The van der Waals surface area contributed by atoms with Crippen LogP contribution in [0, 0.1) is 5.92 Å². The molecule has 0 aliphatic carbocycles. The number of carbonyl (C=O) groups excluding carboxylic acids is 1. The average molecular weight is 200 g/mol. The second-order valence-corrected chi connectivity index (χ2v) is 3.59. The molecule has 4 nitrogen and oxygen atoms in total. The molecule has 1 saturated heterocycles. The van der Waals surface area contributed by atoms with E-state index in [0.29, 0.717) is 5.92 Å². The van der Waals surface area contributed by atoms with Gasteiger partial charge in [0.25, 0.3) is 0 Å². The summed E-state index contributed by atoms with van der Waals surface area (Å²) in [7, 11) is 0. The summed E-state index contributed by atoms with van der Waals surface area (Å²) in [6.07, 6.45) is 1.07. The molecule has 0 spiro atoms. The molecule has 4 heteroatoms. The van der Waals surface area contributed by atoms with Crippen molar-refractivity contribution in [2.75, 3.05) is 32.8 Å². The zero-order valence-electron chi connectivity index (χ0n) is 9.08. The number of hydrogen-bond donors (Lipinski definition) is 1. The van der Waals surface area contributed by atoms with Gasteiger partial charge >= 0.3 is 6.03 Å². The molecule has 82 valence electrons. The Labute approximate surface area is 85.6 Å². The van der Waals surface area contributed by atoms with Crippen LogP contribution in [-0.2, 0) is 4.74 Å². The normalized spacial score (nSPS) is 20.9. The lowest BCUT2D eigenvalue weighted by molar-refractivity contribution is 0.181. The Morgan fingerprint density at radius 3 is 2.71 bits per heavy atom. The lowest BCUT2D eigenvalue weighted by atomic mass is 10.1. The van der Waals surface area contributed by atoms with Crippen LogP contribution in [0.3, 0.4) is 0 Å². The van der Waals surface area contributed by atoms with Gasteiger partial charge in [-0.3, -0.25) is 0 Å². The highest BCUT2D eigenvalue weighted by atomic mass is 16.5. The van der Waals surface area contributed by atoms with Crippen molar-refractivity contribution >= 4 is 6.03 Å². The van der Waals surface area contributed by atoms with Crippen LogP contribution in [0.25, 0.3) is 0 Å². The Morgan fingerprint density at radius 2 is 2.21 bits per heavy atom. The van der Waals surface area contributed by atoms with Crippen LogP contribution in [-0.4, -0.2) is 43.8 Å². The van der Waals surface area contributed by atoms with E-state index in [1.807, 2.05) is 13.8 Å². The molecular weight excluding hydrogens is 180 g/mol. The third-order valence-corrected chi connectivity index (χ3v) is 2.62. The monoisotopic (exact) mass is 200 g/mol. The van der Waals surface area contributed by atoms with Gasteiger partial charge in [-0.1, -0.05) is 0 Å². The molecule has 0 aromatic heterocycles. The van der Waals surface area contributed by atoms with Gasteiger partial charge in [0.2, 0.25) is 0 Å². The second kappa shape index (κ2) is 5.86. The number of ether oxygens (including phenoxy) is 1. The van der Waals surface area contributed by atoms with E-state index in [0.717, 1.165) is 39.3 Å². The van der Waals surface area contributed by atoms with Gasteiger partial charge in [-0.25, -0.2) is 4.79 Å². The fraction of sp³-hybridized carbons (Fsp3) is 0.900. The number of rotatable bonds is 4. The van der Waals surface area contributed by atoms with Gasteiger partial charge in [0.15, 0.2) is 0 Å². The van der Waals surface area contributed by atoms with Crippen LogP contribution in [0.15, 0.2) is 0 Å². The maximum absolute atomic E-state index is 11.5. The van der Waals surface area contributed by atoms with Crippen molar-refractivity contribution in [3.63, 3.8) is 0 Å². The van der Waals surface area contributed by atoms with E-state index in [-0.39, 0.29) is 6.03 Å². The maximum atomic E-state index is 11.5. The quantitative estimate of drug-likeness (QED) is 0.737.